The van der Waals surface area contributed by atoms with E-state index in [1.165, 1.54) is 12.8 Å². The molecule has 0 unspecified atom stereocenters. The molecule has 0 aromatic rings. The molecule has 2 fully saturated rings. The zero-order valence-corrected chi connectivity index (χ0v) is 11.1. The third kappa shape index (κ3) is 2.73. The van der Waals surface area contributed by atoms with E-state index in [9.17, 15) is 9.90 Å². The van der Waals surface area contributed by atoms with Gasteiger partial charge in [-0.2, -0.15) is 0 Å². The number of hydrogen-bond acceptors (Lipinski definition) is 2. The first-order valence-electron chi connectivity index (χ1n) is 6.64. The lowest BCUT2D eigenvalue weighted by Crippen LogP contribution is -2.59. The molecule has 17 heavy (non-hydrogen) atoms. The van der Waals surface area contributed by atoms with Crippen LogP contribution in [-0.2, 0) is 0 Å². The number of amides is 1. The summed E-state index contributed by atoms with van der Waals surface area (Å²) in [5.74, 6) is 1.33. The lowest BCUT2D eigenvalue weighted by atomic mass is 9.85. The van der Waals surface area contributed by atoms with Crippen LogP contribution in [0.4, 0.5) is 4.79 Å². The number of hydrogen-bond donors (Lipinski definition) is 2. The van der Waals surface area contributed by atoms with E-state index < -0.39 is 6.09 Å². The van der Waals surface area contributed by atoms with E-state index in [4.69, 9.17) is 0 Å². The van der Waals surface area contributed by atoms with Crippen molar-refractivity contribution in [1.82, 2.24) is 10.2 Å². The van der Waals surface area contributed by atoms with Gasteiger partial charge in [-0.15, -0.1) is 0 Å². The number of rotatable bonds is 2. The van der Waals surface area contributed by atoms with Crippen molar-refractivity contribution < 1.29 is 9.90 Å². The van der Waals surface area contributed by atoms with E-state index in [0.717, 1.165) is 25.4 Å². The number of nitrogens with one attached hydrogen (secondary N) is 1. The Hall–Kier alpha value is -0.770. The second kappa shape index (κ2) is 4.48. The van der Waals surface area contributed by atoms with Crippen LogP contribution in [0.15, 0.2) is 0 Å². The lowest BCUT2D eigenvalue weighted by Gasteiger charge is -2.45. The van der Waals surface area contributed by atoms with Crippen molar-refractivity contribution in [2.24, 2.45) is 11.8 Å². The van der Waals surface area contributed by atoms with Gasteiger partial charge in [-0.05, 0) is 58.4 Å². The second-order valence-electron chi connectivity index (χ2n) is 6.38. The Morgan fingerprint density at radius 2 is 1.94 bits per heavy atom. The predicted molar refractivity (Wildman–Crippen MR) is 67.1 cm³/mol. The Morgan fingerprint density at radius 1 is 1.29 bits per heavy atom. The molecule has 1 heterocycles. The number of nitrogens with zero attached hydrogens (tertiary/aromatic N) is 1. The number of piperidine rings is 1. The van der Waals surface area contributed by atoms with Gasteiger partial charge >= 0.3 is 6.09 Å². The van der Waals surface area contributed by atoms with E-state index in [0.29, 0.717) is 5.92 Å². The summed E-state index contributed by atoms with van der Waals surface area (Å²) in [6, 6.07) is 0.147. The molecule has 0 aromatic carbocycles. The fourth-order valence-corrected chi connectivity index (χ4v) is 3.15. The molecule has 2 atom stereocenters. The van der Waals surface area contributed by atoms with Gasteiger partial charge < -0.3 is 10.4 Å². The average Bonchev–Trinajstić information content (AvgIpc) is 2.99. The van der Waals surface area contributed by atoms with Crippen LogP contribution in [0.2, 0.25) is 0 Å². The van der Waals surface area contributed by atoms with E-state index in [2.05, 4.69) is 5.32 Å². The molecule has 98 valence electrons. The molecule has 2 rings (SSSR count). The molecule has 4 heteroatoms. The fraction of sp³-hybridized carbons (Fsp3) is 0.923. The highest BCUT2D eigenvalue weighted by molar-refractivity contribution is 5.66. The van der Waals surface area contributed by atoms with Gasteiger partial charge in [-0.25, -0.2) is 4.79 Å². The van der Waals surface area contributed by atoms with Crippen molar-refractivity contribution in [3.8, 4) is 0 Å². The zero-order valence-electron chi connectivity index (χ0n) is 11.1. The summed E-state index contributed by atoms with van der Waals surface area (Å²) in [6.07, 6.45) is 2.92. The number of carbonyl (C=O) groups is 1. The van der Waals surface area contributed by atoms with Gasteiger partial charge in [0.15, 0.2) is 0 Å². The van der Waals surface area contributed by atoms with Gasteiger partial charge in [0.1, 0.15) is 0 Å². The van der Waals surface area contributed by atoms with Gasteiger partial charge in [-0.3, -0.25) is 4.90 Å². The van der Waals surface area contributed by atoms with Crippen LogP contribution in [0.3, 0.4) is 0 Å². The molecule has 0 radical (unpaired) electrons. The van der Waals surface area contributed by atoms with Crippen molar-refractivity contribution in [2.45, 2.75) is 51.6 Å². The van der Waals surface area contributed by atoms with Crippen molar-refractivity contribution in [1.29, 1.82) is 0 Å². The SMILES string of the molecule is CC(C)(C)N(C(=O)O)[C@H]1CNCC[C@@H]1C1CC1. The summed E-state index contributed by atoms with van der Waals surface area (Å²) in [7, 11) is 0. The normalized spacial score (nSPS) is 30.1. The maximum atomic E-state index is 11.5. The molecule has 1 saturated carbocycles. The molecule has 1 aliphatic carbocycles. The summed E-state index contributed by atoms with van der Waals surface area (Å²) in [4.78, 5) is 13.2. The van der Waals surface area contributed by atoms with Crippen LogP contribution >= 0.6 is 0 Å². The van der Waals surface area contributed by atoms with Gasteiger partial charge in [0.05, 0.1) is 6.04 Å². The van der Waals surface area contributed by atoms with Crippen molar-refractivity contribution in [3.63, 3.8) is 0 Å². The maximum Gasteiger partial charge on any atom is 0.408 e. The average molecular weight is 240 g/mol. The Morgan fingerprint density at radius 3 is 2.41 bits per heavy atom. The summed E-state index contributed by atoms with van der Waals surface area (Å²) < 4.78 is 0. The molecular formula is C13H24N2O2. The zero-order chi connectivity index (χ0) is 12.6. The van der Waals surface area contributed by atoms with Crippen LogP contribution in [0.25, 0.3) is 0 Å². The van der Waals surface area contributed by atoms with Gasteiger partial charge in [-0.1, -0.05) is 0 Å². The van der Waals surface area contributed by atoms with Crippen LogP contribution in [0.1, 0.15) is 40.0 Å². The molecule has 1 amide bonds. The van der Waals surface area contributed by atoms with E-state index in [1.54, 1.807) is 4.90 Å². The van der Waals surface area contributed by atoms with E-state index in [-0.39, 0.29) is 11.6 Å². The topological polar surface area (TPSA) is 52.6 Å². The summed E-state index contributed by atoms with van der Waals surface area (Å²) >= 11 is 0. The van der Waals surface area contributed by atoms with Crippen molar-refractivity contribution in [2.75, 3.05) is 13.1 Å². The van der Waals surface area contributed by atoms with Gasteiger partial charge in [0.25, 0.3) is 0 Å². The molecule has 2 aliphatic rings. The van der Waals surface area contributed by atoms with Crippen molar-refractivity contribution >= 4 is 6.09 Å². The third-order valence-electron chi connectivity index (χ3n) is 3.99. The highest BCUT2D eigenvalue weighted by atomic mass is 16.4. The largest absolute Gasteiger partial charge is 0.465 e. The first-order valence-corrected chi connectivity index (χ1v) is 6.64. The smallest absolute Gasteiger partial charge is 0.408 e. The van der Waals surface area contributed by atoms with E-state index in [1.807, 2.05) is 20.8 Å². The first kappa shape index (κ1) is 12.7. The molecule has 4 nitrogen and oxygen atoms in total. The Bertz CT molecular complexity index is 294. The molecule has 2 N–H and O–H groups in total. The minimum absolute atomic E-state index is 0.147. The summed E-state index contributed by atoms with van der Waals surface area (Å²) in [5, 5.41) is 12.8. The van der Waals surface area contributed by atoms with Gasteiger partial charge in [0, 0.05) is 12.1 Å². The standard InChI is InChI=1S/C13H24N2O2/c1-13(2,3)15(12(16)17)11-8-14-7-6-10(11)9-4-5-9/h9-11,14H,4-8H2,1-3H3,(H,16,17)/t10-,11+/m1/s1. The van der Waals surface area contributed by atoms with Crippen LogP contribution < -0.4 is 5.32 Å². The monoisotopic (exact) mass is 240 g/mol. The lowest BCUT2D eigenvalue weighted by molar-refractivity contribution is 0.0331. The Balaban J connectivity index is 2.17. The predicted octanol–water partition coefficient (Wildman–Crippen LogP) is 2.15. The van der Waals surface area contributed by atoms with Crippen molar-refractivity contribution in [3.05, 3.63) is 0 Å². The molecule has 0 bridgehead atoms. The van der Waals surface area contributed by atoms with E-state index >= 15 is 0 Å². The van der Waals surface area contributed by atoms with Crippen LogP contribution in [-0.4, -0.2) is 40.8 Å². The minimum atomic E-state index is -0.781. The van der Waals surface area contributed by atoms with Gasteiger partial charge in [0.2, 0.25) is 0 Å². The molecular weight excluding hydrogens is 216 g/mol. The molecule has 1 aliphatic heterocycles. The van der Waals surface area contributed by atoms with Crippen LogP contribution in [0, 0.1) is 11.8 Å². The molecule has 0 aromatic heterocycles. The summed E-state index contributed by atoms with van der Waals surface area (Å²) in [6.45, 7) is 7.80. The quantitative estimate of drug-likeness (QED) is 0.777. The molecule has 1 saturated heterocycles. The minimum Gasteiger partial charge on any atom is -0.465 e. The second-order valence-corrected chi connectivity index (χ2v) is 6.38. The Labute approximate surface area is 103 Å². The highest BCUT2D eigenvalue weighted by Crippen LogP contribution is 2.43. The number of carboxylic acid groups (broad SMARTS) is 1. The maximum absolute atomic E-state index is 11.5. The first-order chi connectivity index (χ1) is 7.91. The fourth-order valence-electron chi connectivity index (χ4n) is 3.15. The highest BCUT2D eigenvalue weighted by Gasteiger charge is 2.44. The van der Waals surface area contributed by atoms with Crippen LogP contribution in [0.5, 0.6) is 0 Å². The molecule has 0 spiro atoms. The third-order valence-corrected chi connectivity index (χ3v) is 3.99. The summed E-state index contributed by atoms with van der Waals surface area (Å²) in [5.41, 5.74) is -0.317. The Kier molecular flexibility index (Phi) is 3.34.